The number of nitrogens with zero attached hydrogens (tertiary/aromatic N) is 1. The molecule has 0 aliphatic carbocycles. The van der Waals surface area contributed by atoms with Crippen LogP contribution in [-0.4, -0.2) is 31.3 Å². The highest BCUT2D eigenvalue weighted by molar-refractivity contribution is 6.02. The second-order valence-corrected chi connectivity index (χ2v) is 5.02. The second kappa shape index (κ2) is 9.61. The lowest BCUT2D eigenvalue weighted by atomic mass is 9.99. The molecule has 6 nitrogen and oxygen atoms in total. The number of rotatable bonds is 8. The average Bonchev–Trinajstić information content (AvgIpc) is 2.57. The Hall–Kier alpha value is -2.37. The van der Waals surface area contributed by atoms with E-state index in [0.717, 1.165) is 6.42 Å². The quantitative estimate of drug-likeness (QED) is 0.454. The lowest BCUT2D eigenvalue weighted by Crippen LogP contribution is -2.27. The van der Waals surface area contributed by atoms with Crippen LogP contribution in [0.2, 0.25) is 0 Å². The topological polar surface area (TPSA) is 77.0 Å². The minimum Gasteiger partial charge on any atom is -0.497 e. The van der Waals surface area contributed by atoms with Crippen molar-refractivity contribution in [1.29, 1.82) is 0 Å². The molecule has 1 atom stereocenters. The van der Waals surface area contributed by atoms with Crippen molar-refractivity contribution in [2.24, 2.45) is 11.0 Å². The highest BCUT2D eigenvalue weighted by Crippen LogP contribution is 2.13. The van der Waals surface area contributed by atoms with E-state index in [9.17, 15) is 9.59 Å². The standard InChI is InChI=1S/C17H24N2O4/c1-5-7-15(17(21)23-6-2)12(3)18-19-16(20)13-8-10-14(22-4)11-9-13/h8-11,15H,5-7H2,1-4H3,(H,19,20). The SMILES string of the molecule is CCCC(C(=O)OCC)C(C)=NNC(=O)c1ccc(OC)cc1. The molecule has 0 fully saturated rings. The van der Waals surface area contributed by atoms with Crippen molar-refractivity contribution in [1.82, 2.24) is 5.43 Å². The van der Waals surface area contributed by atoms with E-state index in [4.69, 9.17) is 9.47 Å². The van der Waals surface area contributed by atoms with Gasteiger partial charge in [-0.1, -0.05) is 13.3 Å². The second-order valence-electron chi connectivity index (χ2n) is 5.02. The fourth-order valence-electron chi connectivity index (χ4n) is 2.05. The van der Waals surface area contributed by atoms with Crippen LogP contribution in [0.1, 0.15) is 44.0 Å². The maximum Gasteiger partial charge on any atom is 0.314 e. The molecule has 0 aliphatic rings. The van der Waals surface area contributed by atoms with E-state index in [-0.39, 0.29) is 11.9 Å². The number of benzene rings is 1. The molecule has 0 bridgehead atoms. The van der Waals surface area contributed by atoms with Gasteiger partial charge in [0.2, 0.25) is 0 Å². The van der Waals surface area contributed by atoms with Crippen molar-refractivity contribution in [2.75, 3.05) is 13.7 Å². The van der Waals surface area contributed by atoms with Crippen molar-refractivity contribution in [2.45, 2.75) is 33.6 Å². The zero-order valence-electron chi connectivity index (χ0n) is 14.1. The van der Waals surface area contributed by atoms with Crippen LogP contribution in [0.25, 0.3) is 0 Å². The van der Waals surface area contributed by atoms with Crippen LogP contribution in [0.3, 0.4) is 0 Å². The Morgan fingerprint density at radius 2 is 1.87 bits per heavy atom. The highest BCUT2D eigenvalue weighted by Gasteiger charge is 2.22. The van der Waals surface area contributed by atoms with Gasteiger partial charge in [-0.25, -0.2) is 5.43 Å². The lowest BCUT2D eigenvalue weighted by molar-refractivity contribution is -0.145. The van der Waals surface area contributed by atoms with E-state index < -0.39 is 5.92 Å². The van der Waals surface area contributed by atoms with Crippen LogP contribution in [0.5, 0.6) is 5.75 Å². The summed E-state index contributed by atoms with van der Waals surface area (Å²) < 4.78 is 10.1. The number of hydrazone groups is 1. The van der Waals surface area contributed by atoms with Crippen molar-refractivity contribution < 1.29 is 19.1 Å². The molecule has 1 rings (SSSR count). The predicted molar refractivity (Wildman–Crippen MR) is 88.6 cm³/mol. The summed E-state index contributed by atoms with van der Waals surface area (Å²) in [6.07, 6.45) is 1.45. The smallest absolute Gasteiger partial charge is 0.314 e. The molecule has 23 heavy (non-hydrogen) atoms. The largest absolute Gasteiger partial charge is 0.497 e. The summed E-state index contributed by atoms with van der Waals surface area (Å²) in [5.74, 6) is -0.414. The van der Waals surface area contributed by atoms with Gasteiger partial charge in [0, 0.05) is 11.3 Å². The van der Waals surface area contributed by atoms with Crippen LogP contribution < -0.4 is 10.2 Å². The summed E-state index contributed by atoms with van der Waals surface area (Å²) in [5, 5.41) is 4.05. The molecule has 6 heteroatoms. The minimum atomic E-state index is -0.434. The van der Waals surface area contributed by atoms with E-state index in [0.29, 0.717) is 30.1 Å². The van der Waals surface area contributed by atoms with Crippen LogP contribution in [0, 0.1) is 5.92 Å². The zero-order valence-corrected chi connectivity index (χ0v) is 14.1. The van der Waals surface area contributed by atoms with Gasteiger partial charge in [0.05, 0.1) is 19.6 Å². The number of hydrogen-bond donors (Lipinski definition) is 1. The Bertz CT molecular complexity index is 552. The maximum absolute atomic E-state index is 12.0. The average molecular weight is 320 g/mol. The van der Waals surface area contributed by atoms with Gasteiger partial charge in [-0.15, -0.1) is 0 Å². The Balaban J connectivity index is 2.74. The predicted octanol–water partition coefficient (Wildman–Crippen LogP) is 2.78. The van der Waals surface area contributed by atoms with Crippen molar-refractivity contribution in [3.05, 3.63) is 29.8 Å². The number of carbonyl (C=O) groups is 2. The van der Waals surface area contributed by atoms with Crippen LogP contribution in [0.4, 0.5) is 0 Å². The molecule has 0 saturated carbocycles. The van der Waals surface area contributed by atoms with E-state index in [1.807, 2.05) is 6.92 Å². The summed E-state index contributed by atoms with van der Waals surface area (Å²) in [7, 11) is 1.56. The third-order valence-corrected chi connectivity index (χ3v) is 3.34. The van der Waals surface area contributed by atoms with Gasteiger partial charge in [0.15, 0.2) is 0 Å². The number of esters is 1. The number of methoxy groups -OCH3 is 1. The maximum atomic E-state index is 12.0. The molecule has 0 saturated heterocycles. The fraction of sp³-hybridized carbons (Fsp3) is 0.471. The summed E-state index contributed by atoms with van der Waals surface area (Å²) in [6, 6.07) is 6.69. The highest BCUT2D eigenvalue weighted by atomic mass is 16.5. The van der Waals surface area contributed by atoms with E-state index in [2.05, 4.69) is 10.5 Å². The van der Waals surface area contributed by atoms with Crippen molar-refractivity contribution >= 4 is 17.6 Å². The molecule has 0 radical (unpaired) electrons. The molecule has 1 amide bonds. The first-order valence-electron chi connectivity index (χ1n) is 7.68. The first kappa shape index (κ1) is 18.7. The van der Waals surface area contributed by atoms with Gasteiger partial charge in [-0.3, -0.25) is 9.59 Å². The third-order valence-electron chi connectivity index (χ3n) is 3.34. The van der Waals surface area contributed by atoms with Crippen molar-refractivity contribution in [3.8, 4) is 5.75 Å². The Morgan fingerprint density at radius 1 is 1.22 bits per heavy atom. The molecule has 1 unspecified atom stereocenters. The fourth-order valence-corrected chi connectivity index (χ4v) is 2.05. The van der Waals surface area contributed by atoms with Crippen molar-refractivity contribution in [3.63, 3.8) is 0 Å². The Labute approximate surface area is 136 Å². The van der Waals surface area contributed by atoms with Crippen LogP contribution >= 0.6 is 0 Å². The summed E-state index contributed by atoms with van der Waals surface area (Å²) in [6.45, 7) is 5.78. The van der Waals surface area contributed by atoms with E-state index in [1.165, 1.54) is 0 Å². The summed E-state index contributed by atoms with van der Waals surface area (Å²) in [4.78, 5) is 24.0. The lowest BCUT2D eigenvalue weighted by Gasteiger charge is -2.14. The van der Waals surface area contributed by atoms with E-state index >= 15 is 0 Å². The van der Waals surface area contributed by atoms with Crippen LogP contribution in [-0.2, 0) is 9.53 Å². The molecular weight excluding hydrogens is 296 g/mol. The Morgan fingerprint density at radius 3 is 2.39 bits per heavy atom. The zero-order chi connectivity index (χ0) is 17.2. The van der Waals surface area contributed by atoms with Gasteiger partial charge < -0.3 is 9.47 Å². The molecule has 0 aromatic heterocycles. The first-order valence-corrected chi connectivity index (χ1v) is 7.68. The minimum absolute atomic E-state index is 0.311. The summed E-state index contributed by atoms with van der Waals surface area (Å²) in [5.41, 5.74) is 3.47. The van der Waals surface area contributed by atoms with Gasteiger partial charge in [0.25, 0.3) is 5.91 Å². The molecular formula is C17H24N2O4. The number of amides is 1. The van der Waals surface area contributed by atoms with Gasteiger partial charge in [-0.2, -0.15) is 5.10 Å². The van der Waals surface area contributed by atoms with Gasteiger partial charge >= 0.3 is 5.97 Å². The number of ether oxygens (including phenoxy) is 2. The molecule has 1 N–H and O–H groups in total. The third kappa shape index (κ3) is 5.73. The molecule has 0 spiro atoms. The van der Waals surface area contributed by atoms with E-state index in [1.54, 1.807) is 45.2 Å². The molecule has 0 aliphatic heterocycles. The molecule has 1 aromatic rings. The number of hydrogen-bond acceptors (Lipinski definition) is 5. The Kier molecular flexibility index (Phi) is 7.80. The number of carbonyl (C=O) groups excluding carboxylic acids is 2. The molecule has 126 valence electrons. The number of nitrogens with one attached hydrogen (secondary N) is 1. The monoisotopic (exact) mass is 320 g/mol. The van der Waals surface area contributed by atoms with Gasteiger partial charge in [-0.05, 0) is 44.5 Å². The molecule has 0 heterocycles. The molecule has 1 aromatic carbocycles. The van der Waals surface area contributed by atoms with Gasteiger partial charge in [0.1, 0.15) is 5.75 Å². The van der Waals surface area contributed by atoms with Crippen LogP contribution in [0.15, 0.2) is 29.4 Å². The summed E-state index contributed by atoms with van der Waals surface area (Å²) >= 11 is 0. The normalized spacial score (nSPS) is 12.4. The first-order chi connectivity index (χ1) is 11.0.